The van der Waals surface area contributed by atoms with Gasteiger partial charge in [-0.05, 0) is 53.7 Å². The van der Waals surface area contributed by atoms with Gasteiger partial charge in [-0.3, -0.25) is 10.1 Å². The number of amides is 1. The number of para-hydroxylation sites is 1. The number of benzene rings is 1. The third-order valence-electron chi connectivity index (χ3n) is 3.33. The van der Waals surface area contributed by atoms with E-state index in [4.69, 9.17) is 14.2 Å². The Labute approximate surface area is 175 Å². The molecule has 2 atom stereocenters. The van der Waals surface area contributed by atoms with Crippen LogP contribution in [0.3, 0.4) is 0 Å². The van der Waals surface area contributed by atoms with Gasteiger partial charge < -0.3 is 19.5 Å². The smallest absolute Gasteiger partial charge is 0.413 e. The lowest BCUT2D eigenvalue weighted by Crippen LogP contribution is -2.49. The van der Waals surface area contributed by atoms with Crippen molar-refractivity contribution in [3.63, 3.8) is 0 Å². The molecule has 1 rings (SSSR count). The zero-order valence-corrected chi connectivity index (χ0v) is 18.0. The first-order valence-corrected chi connectivity index (χ1v) is 9.30. The van der Waals surface area contributed by atoms with Crippen molar-refractivity contribution in [2.24, 2.45) is 0 Å². The van der Waals surface area contributed by atoms with Crippen molar-refractivity contribution < 1.29 is 33.5 Å². The van der Waals surface area contributed by atoms with Crippen LogP contribution < -0.4 is 10.1 Å². The van der Waals surface area contributed by atoms with Gasteiger partial charge in [0.2, 0.25) is 0 Å². The molecule has 1 unspecified atom stereocenters. The first-order chi connectivity index (χ1) is 13.7. The summed E-state index contributed by atoms with van der Waals surface area (Å²) in [5.41, 5.74) is -1.89. The van der Waals surface area contributed by atoms with Crippen molar-refractivity contribution in [1.29, 1.82) is 0 Å². The minimum absolute atomic E-state index is 0.205. The van der Waals surface area contributed by atoms with Gasteiger partial charge in [0.25, 0.3) is 0 Å². The molecule has 1 aromatic carbocycles. The van der Waals surface area contributed by atoms with Crippen molar-refractivity contribution in [2.75, 3.05) is 0 Å². The lowest BCUT2D eigenvalue weighted by Gasteiger charge is -2.25. The van der Waals surface area contributed by atoms with Crippen LogP contribution in [0.4, 0.5) is 4.79 Å². The number of carbonyl (C=O) groups excluding carboxylic acids is 3. The molecule has 1 amide bonds. The van der Waals surface area contributed by atoms with E-state index in [9.17, 15) is 24.5 Å². The van der Waals surface area contributed by atoms with E-state index in [0.717, 1.165) is 0 Å². The zero-order valence-electron chi connectivity index (χ0n) is 18.0. The van der Waals surface area contributed by atoms with Gasteiger partial charge in [-0.2, -0.15) is 0 Å². The second-order valence-corrected chi connectivity index (χ2v) is 8.50. The minimum atomic E-state index is -1.89. The maximum Gasteiger partial charge on any atom is 0.413 e. The van der Waals surface area contributed by atoms with Crippen molar-refractivity contribution in [1.82, 2.24) is 5.32 Å². The fourth-order valence-electron chi connectivity index (χ4n) is 2.22. The Kier molecular flexibility index (Phi) is 8.32. The highest BCUT2D eigenvalue weighted by Gasteiger charge is 2.41. The number of nitrogens with zero attached hydrogens (tertiary/aromatic N) is 1. The average Bonchev–Trinajstić information content (AvgIpc) is 2.55. The Morgan fingerprint density at radius 1 is 0.967 bits per heavy atom. The molecule has 0 radical (unpaired) electrons. The highest BCUT2D eigenvalue weighted by atomic mass is 16.6. The van der Waals surface area contributed by atoms with Crippen molar-refractivity contribution in [3.8, 4) is 5.75 Å². The Balaban J connectivity index is 3.03. The monoisotopic (exact) mass is 424 g/mol. The molecule has 1 aromatic rings. The molecule has 0 heterocycles. The molecule has 1 N–H and O–H groups in total. The molecule has 10 nitrogen and oxygen atoms in total. The summed E-state index contributed by atoms with van der Waals surface area (Å²) in [6.07, 6.45) is -1.69. The van der Waals surface area contributed by atoms with Gasteiger partial charge >= 0.3 is 24.1 Å². The Hall–Kier alpha value is -3.17. The number of esters is 2. The van der Waals surface area contributed by atoms with Crippen LogP contribution in [0.5, 0.6) is 5.75 Å². The maximum absolute atomic E-state index is 12.5. The van der Waals surface area contributed by atoms with Gasteiger partial charge in [0, 0.05) is 4.92 Å². The predicted octanol–water partition coefficient (Wildman–Crippen LogP) is 2.86. The number of ether oxygens (including phenoxy) is 3. The normalized spacial score (nSPS) is 13.5. The summed E-state index contributed by atoms with van der Waals surface area (Å²) < 4.78 is 15.4. The van der Waals surface area contributed by atoms with E-state index >= 15 is 0 Å². The Morgan fingerprint density at radius 2 is 1.47 bits per heavy atom. The van der Waals surface area contributed by atoms with Crippen LogP contribution >= 0.6 is 0 Å². The zero-order chi connectivity index (χ0) is 23.1. The first kappa shape index (κ1) is 24.9. The lowest BCUT2D eigenvalue weighted by atomic mass is 10.1. The molecule has 0 saturated carbocycles. The predicted molar refractivity (Wildman–Crippen MR) is 106 cm³/mol. The maximum atomic E-state index is 12.5. The summed E-state index contributed by atoms with van der Waals surface area (Å²) in [5.74, 6) is -1.86. The topological polar surface area (TPSA) is 134 Å². The van der Waals surface area contributed by atoms with Crippen molar-refractivity contribution >= 4 is 18.0 Å². The highest BCUT2D eigenvalue weighted by Crippen LogP contribution is 2.16. The van der Waals surface area contributed by atoms with Gasteiger partial charge in [0.15, 0.2) is 0 Å². The minimum Gasteiger partial charge on any atom is -0.458 e. The number of nitro groups is 1. The number of nitrogens with one attached hydrogen (secondary N) is 1. The van der Waals surface area contributed by atoms with Crippen LogP contribution in [0.2, 0.25) is 0 Å². The van der Waals surface area contributed by atoms with E-state index in [-0.39, 0.29) is 5.75 Å². The first-order valence-electron chi connectivity index (χ1n) is 9.30. The quantitative estimate of drug-likeness (QED) is 0.401. The van der Waals surface area contributed by atoms with Crippen LogP contribution in [0, 0.1) is 10.1 Å². The third kappa shape index (κ3) is 9.35. The molecular formula is C20H28N2O8. The number of rotatable bonds is 7. The van der Waals surface area contributed by atoms with E-state index < -0.39 is 52.7 Å². The summed E-state index contributed by atoms with van der Waals surface area (Å²) in [6, 6.07) is 4.63. The molecule has 0 fully saturated rings. The SMILES string of the molecule is CC(C)(C)OC(=O)C(C[C@H](NC(=O)Oc1ccccc1)C(=O)OC(C)(C)C)[N+](=O)[O-]. The molecule has 166 valence electrons. The molecule has 0 aromatic heterocycles. The molecule has 0 aliphatic rings. The van der Waals surface area contributed by atoms with E-state index in [1.807, 2.05) is 0 Å². The van der Waals surface area contributed by atoms with Crippen LogP contribution in [-0.4, -0.2) is 46.2 Å². The van der Waals surface area contributed by atoms with Crippen LogP contribution in [0.25, 0.3) is 0 Å². The summed E-state index contributed by atoms with van der Waals surface area (Å²) in [5, 5.41) is 13.7. The van der Waals surface area contributed by atoms with E-state index in [0.29, 0.717) is 0 Å². The van der Waals surface area contributed by atoms with Crippen LogP contribution in [-0.2, 0) is 19.1 Å². The van der Waals surface area contributed by atoms with Gasteiger partial charge in [0.05, 0.1) is 6.42 Å². The Bertz CT molecular complexity index is 765. The summed E-state index contributed by atoms with van der Waals surface area (Å²) in [4.78, 5) is 47.6. The highest BCUT2D eigenvalue weighted by molar-refractivity contribution is 5.84. The van der Waals surface area contributed by atoms with Crippen molar-refractivity contribution in [2.45, 2.75) is 71.2 Å². The fourth-order valence-corrected chi connectivity index (χ4v) is 2.22. The largest absolute Gasteiger partial charge is 0.458 e. The van der Waals surface area contributed by atoms with Gasteiger partial charge in [0.1, 0.15) is 23.0 Å². The molecule has 0 spiro atoms. The summed E-state index contributed by atoms with van der Waals surface area (Å²) >= 11 is 0. The average molecular weight is 424 g/mol. The Morgan fingerprint density at radius 3 is 1.93 bits per heavy atom. The molecule has 0 aliphatic heterocycles. The molecule has 0 saturated heterocycles. The molecule has 0 bridgehead atoms. The second-order valence-electron chi connectivity index (χ2n) is 8.50. The molecular weight excluding hydrogens is 396 g/mol. The van der Waals surface area contributed by atoms with Crippen molar-refractivity contribution in [3.05, 3.63) is 40.4 Å². The van der Waals surface area contributed by atoms with Gasteiger partial charge in [-0.25, -0.2) is 14.4 Å². The van der Waals surface area contributed by atoms with Crippen LogP contribution in [0.15, 0.2) is 30.3 Å². The molecule has 30 heavy (non-hydrogen) atoms. The van der Waals surface area contributed by atoms with Crippen LogP contribution in [0.1, 0.15) is 48.0 Å². The van der Waals surface area contributed by atoms with E-state index in [1.54, 1.807) is 59.7 Å². The standard InChI is InChI=1S/C20H28N2O8/c1-19(2,3)29-16(23)14(21-18(25)28-13-10-8-7-9-11-13)12-15(22(26)27)17(24)30-20(4,5)6/h7-11,14-15H,12H2,1-6H3,(H,21,25)/t14-,15?/m0/s1. The van der Waals surface area contributed by atoms with E-state index in [2.05, 4.69) is 5.32 Å². The second kappa shape index (κ2) is 10.0. The number of carbonyl (C=O) groups is 3. The summed E-state index contributed by atoms with van der Waals surface area (Å²) in [7, 11) is 0. The van der Waals surface area contributed by atoms with E-state index in [1.165, 1.54) is 12.1 Å². The van der Waals surface area contributed by atoms with Gasteiger partial charge in [-0.1, -0.05) is 18.2 Å². The molecule has 10 heteroatoms. The third-order valence-corrected chi connectivity index (χ3v) is 3.33. The summed E-state index contributed by atoms with van der Waals surface area (Å²) in [6.45, 7) is 9.48. The number of hydrogen-bond acceptors (Lipinski definition) is 8. The fraction of sp³-hybridized carbons (Fsp3) is 0.550. The van der Waals surface area contributed by atoms with Gasteiger partial charge in [-0.15, -0.1) is 0 Å². The number of hydrogen-bond donors (Lipinski definition) is 1. The lowest BCUT2D eigenvalue weighted by molar-refractivity contribution is -0.512. The molecule has 0 aliphatic carbocycles.